The molecule has 0 saturated heterocycles. The maximum absolute atomic E-state index is 6.14. The molecule has 0 aliphatic carbocycles. The number of hydrogen-bond acceptors (Lipinski definition) is 1. The van der Waals surface area contributed by atoms with E-state index in [0.717, 1.165) is 23.7 Å². The molecule has 15 heavy (non-hydrogen) atoms. The van der Waals surface area contributed by atoms with Gasteiger partial charge in [0.2, 0.25) is 0 Å². The number of aryl methyl sites for hydroxylation is 1. The molecule has 0 aliphatic rings. The van der Waals surface area contributed by atoms with Crippen molar-refractivity contribution in [2.24, 2.45) is 5.73 Å². The molecule has 0 fully saturated rings. The van der Waals surface area contributed by atoms with Gasteiger partial charge in [0.05, 0.1) is 0 Å². The minimum atomic E-state index is 0.151. The number of halogens is 1. The van der Waals surface area contributed by atoms with Crippen LogP contribution in [-0.4, -0.2) is 0 Å². The summed E-state index contributed by atoms with van der Waals surface area (Å²) < 4.78 is 1.11. The van der Waals surface area contributed by atoms with Gasteiger partial charge in [0.15, 0.2) is 0 Å². The van der Waals surface area contributed by atoms with E-state index < -0.39 is 0 Å². The molecule has 1 rings (SSSR count). The Morgan fingerprint density at radius 1 is 1.53 bits per heavy atom. The van der Waals surface area contributed by atoms with Gasteiger partial charge in [-0.05, 0) is 49.4 Å². The Morgan fingerprint density at radius 2 is 2.27 bits per heavy atom. The first kappa shape index (κ1) is 12.5. The lowest BCUT2D eigenvalue weighted by Crippen LogP contribution is -2.11. The number of nitrogens with two attached hydrogens (primary N) is 1. The molecule has 0 aromatic heterocycles. The maximum Gasteiger partial charge on any atom is 0.0297 e. The van der Waals surface area contributed by atoms with Crippen LogP contribution in [0.15, 0.2) is 35.3 Å². The zero-order valence-corrected chi connectivity index (χ0v) is 10.8. The molecule has 2 heteroatoms. The molecular weight excluding hydrogens is 250 g/mol. The normalized spacial score (nSPS) is 12.5. The Balaban J connectivity index is 2.64. The van der Waals surface area contributed by atoms with Crippen LogP contribution in [0.25, 0.3) is 0 Å². The SMILES string of the molecule is C=CCCCC(N)c1ccc(Br)cc1C. The molecule has 1 nitrogen and oxygen atoms in total. The molecule has 0 radical (unpaired) electrons. The van der Waals surface area contributed by atoms with E-state index in [9.17, 15) is 0 Å². The highest BCUT2D eigenvalue weighted by Gasteiger charge is 2.08. The van der Waals surface area contributed by atoms with Crippen LogP contribution in [0.4, 0.5) is 0 Å². The number of rotatable bonds is 5. The van der Waals surface area contributed by atoms with Crippen molar-refractivity contribution in [1.29, 1.82) is 0 Å². The van der Waals surface area contributed by atoms with Crippen molar-refractivity contribution in [1.82, 2.24) is 0 Å². The van der Waals surface area contributed by atoms with Crippen LogP contribution in [0.2, 0.25) is 0 Å². The lowest BCUT2D eigenvalue weighted by molar-refractivity contribution is 0.614. The highest BCUT2D eigenvalue weighted by Crippen LogP contribution is 2.23. The highest BCUT2D eigenvalue weighted by molar-refractivity contribution is 9.10. The van der Waals surface area contributed by atoms with Gasteiger partial charge in [-0.15, -0.1) is 6.58 Å². The predicted octanol–water partition coefficient (Wildman–Crippen LogP) is 4.11. The van der Waals surface area contributed by atoms with Crippen molar-refractivity contribution in [2.45, 2.75) is 32.2 Å². The second kappa shape index (κ2) is 6.09. The third-order valence-corrected chi connectivity index (χ3v) is 3.05. The van der Waals surface area contributed by atoms with E-state index in [-0.39, 0.29) is 6.04 Å². The topological polar surface area (TPSA) is 26.0 Å². The van der Waals surface area contributed by atoms with E-state index in [2.05, 4.69) is 47.6 Å². The number of allylic oxidation sites excluding steroid dienone is 1. The van der Waals surface area contributed by atoms with Gasteiger partial charge >= 0.3 is 0 Å². The quantitative estimate of drug-likeness (QED) is 0.631. The van der Waals surface area contributed by atoms with Crippen LogP contribution < -0.4 is 5.73 Å². The molecule has 1 atom stereocenters. The van der Waals surface area contributed by atoms with E-state index in [1.54, 1.807) is 0 Å². The second-order valence-corrected chi connectivity index (χ2v) is 4.74. The first-order valence-electron chi connectivity index (χ1n) is 5.27. The Labute approximate surface area is 101 Å². The van der Waals surface area contributed by atoms with Gasteiger partial charge < -0.3 is 5.73 Å². The Hall–Kier alpha value is -0.600. The predicted molar refractivity (Wildman–Crippen MR) is 69.9 cm³/mol. The van der Waals surface area contributed by atoms with Crippen LogP contribution in [0.1, 0.15) is 36.4 Å². The van der Waals surface area contributed by atoms with Crippen molar-refractivity contribution in [3.63, 3.8) is 0 Å². The zero-order chi connectivity index (χ0) is 11.3. The second-order valence-electron chi connectivity index (χ2n) is 3.83. The van der Waals surface area contributed by atoms with Gasteiger partial charge in [0.1, 0.15) is 0 Å². The molecule has 0 heterocycles. The van der Waals surface area contributed by atoms with Gasteiger partial charge in [-0.1, -0.05) is 28.1 Å². The molecule has 2 N–H and O–H groups in total. The van der Waals surface area contributed by atoms with Gasteiger partial charge in [0.25, 0.3) is 0 Å². The first-order chi connectivity index (χ1) is 7.15. The van der Waals surface area contributed by atoms with Crippen LogP contribution in [0, 0.1) is 6.92 Å². The Morgan fingerprint density at radius 3 is 2.87 bits per heavy atom. The molecule has 1 unspecified atom stereocenters. The average molecular weight is 268 g/mol. The molecule has 0 spiro atoms. The summed E-state index contributed by atoms with van der Waals surface area (Å²) in [6, 6.07) is 6.43. The summed E-state index contributed by atoms with van der Waals surface area (Å²) in [6.07, 6.45) is 5.12. The Bertz CT molecular complexity index is 333. The van der Waals surface area contributed by atoms with E-state index in [1.807, 2.05) is 6.08 Å². The third-order valence-electron chi connectivity index (χ3n) is 2.55. The number of unbranched alkanes of at least 4 members (excludes halogenated alkanes) is 1. The standard InChI is InChI=1S/C13H18BrN/c1-3-4-5-6-13(15)12-8-7-11(14)9-10(12)2/h3,7-9,13H,1,4-6,15H2,2H3. The molecule has 0 saturated carbocycles. The van der Waals surface area contributed by atoms with Gasteiger partial charge in [-0.2, -0.15) is 0 Å². The van der Waals surface area contributed by atoms with E-state index in [1.165, 1.54) is 11.1 Å². The molecule has 0 aliphatic heterocycles. The lowest BCUT2D eigenvalue weighted by atomic mass is 9.98. The summed E-state index contributed by atoms with van der Waals surface area (Å²) in [7, 11) is 0. The smallest absolute Gasteiger partial charge is 0.0297 e. The molecule has 0 bridgehead atoms. The lowest BCUT2D eigenvalue weighted by Gasteiger charge is -2.14. The molecule has 1 aromatic rings. The number of hydrogen-bond donors (Lipinski definition) is 1. The van der Waals surface area contributed by atoms with Crippen LogP contribution in [0.3, 0.4) is 0 Å². The van der Waals surface area contributed by atoms with Crippen molar-refractivity contribution >= 4 is 15.9 Å². The fourth-order valence-corrected chi connectivity index (χ4v) is 2.17. The zero-order valence-electron chi connectivity index (χ0n) is 9.17. The van der Waals surface area contributed by atoms with E-state index in [4.69, 9.17) is 5.73 Å². The van der Waals surface area contributed by atoms with Crippen LogP contribution >= 0.6 is 15.9 Å². The molecule has 1 aromatic carbocycles. The average Bonchev–Trinajstić information content (AvgIpc) is 2.17. The van der Waals surface area contributed by atoms with E-state index >= 15 is 0 Å². The summed E-state index contributed by atoms with van der Waals surface area (Å²) in [5.74, 6) is 0. The van der Waals surface area contributed by atoms with Crippen LogP contribution in [-0.2, 0) is 0 Å². The third kappa shape index (κ3) is 3.80. The Kier molecular flexibility index (Phi) is 5.06. The summed E-state index contributed by atoms with van der Waals surface area (Å²) in [6.45, 7) is 5.82. The van der Waals surface area contributed by atoms with Crippen molar-refractivity contribution in [3.05, 3.63) is 46.5 Å². The fraction of sp³-hybridized carbons (Fsp3) is 0.385. The van der Waals surface area contributed by atoms with Gasteiger partial charge in [-0.25, -0.2) is 0 Å². The summed E-state index contributed by atoms with van der Waals surface area (Å²) in [5.41, 5.74) is 8.65. The fourth-order valence-electron chi connectivity index (χ4n) is 1.69. The molecule has 0 amide bonds. The maximum atomic E-state index is 6.14. The first-order valence-corrected chi connectivity index (χ1v) is 6.07. The summed E-state index contributed by atoms with van der Waals surface area (Å²) in [5, 5.41) is 0. The minimum Gasteiger partial charge on any atom is -0.324 e. The van der Waals surface area contributed by atoms with Gasteiger partial charge in [0, 0.05) is 10.5 Å². The molecule has 82 valence electrons. The highest BCUT2D eigenvalue weighted by atomic mass is 79.9. The molecular formula is C13H18BrN. The minimum absolute atomic E-state index is 0.151. The van der Waals surface area contributed by atoms with Crippen molar-refractivity contribution in [2.75, 3.05) is 0 Å². The summed E-state index contributed by atoms with van der Waals surface area (Å²) in [4.78, 5) is 0. The summed E-state index contributed by atoms with van der Waals surface area (Å²) >= 11 is 3.46. The van der Waals surface area contributed by atoms with Gasteiger partial charge in [-0.3, -0.25) is 0 Å². The van der Waals surface area contributed by atoms with Crippen molar-refractivity contribution < 1.29 is 0 Å². The van der Waals surface area contributed by atoms with Crippen molar-refractivity contribution in [3.8, 4) is 0 Å². The monoisotopic (exact) mass is 267 g/mol. The number of benzene rings is 1. The largest absolute Gasteiger partial charge is 0.324 e. The van der Waals surface area contributed by atoms with E-state index in [0.29, 0.717) is 0 Å². The van der Waals surface area contributed by atoms with Crippen LogP contribution in [0.5, 0.6) is 0 Å².